The van der Waals surface area contributed by atoms with Crippen LogP contribution in [0.2, 0.25) is 0 Å². The highest BCUT2D eigenvalue weighted by atomic mass is 16.5. The van der Waals surface area contributed by atoms with Crippen molar-refractivity contribution in [3.8, 4) is 11.5 Å². The Morgan fingerprint density at radius 3 is 2.70 bits per heavy atom. The number of amides is 1. The summed E-state index contributed by atoms with van der Waals surface area (Å²) in [6.45, 7) is 2.07. The molecule has 23 heavy (non-hydrogen) atoms. The summed E-state index contributed by atoms with van der Waals surface area (Å²) in [5, 5.41) is 2.56. The van der Waals surface area contributed by atoms with E-state index in [2.05, 4.69) is 5.32 Å². The zero-order valence-electron chi connectivity index (χ0n) is 13.8. The Labute approximate surface area is 136 Å². The lowest BCUT2D eigenvalue weighted by Crippen LogP contribution is -2.28. The fourth-order valence-corrected chi connectivity index (χ4v) is 1.76. The number of carbonyl (C=O) groups excluding carboxylic acids is 2. The third-order valence-corrected chi connectivity index (χ3v) is 3.10. The lowest BCUT2D eigenvalue weighted by atomic mass is 10.2. The predicted octanol–water partition coefficient (Wildman–Crippen LogP) is 0.991. The van der Waals surface area contributed by atoms with Crippen LogP contribution in [0.3, 0.4) is 0 Å². The molecule has 0 fully saturated rings. The Kier molecular flexibility index (Phi) is 7.90. The van der Waals surface area contributed by atoms with Gasteiger partial charge >= 0.3 is 5.97 Å². The van der Waals surface area contributed by atoms with Gasteiger partial charge in [0.05, 0.1) is 13.7 Å². The van der Waals surface area contributed by atoms with Crippen LogP contribution in [0.4, 0.5) is 0 Å². The zero-order valence-corrected chi connectivity index (χ0v) is 13.8. The van der Waals surface area contributed by atoms with E-state index in [0.717, 1.165) is 5.56 Å². The minimum Gasteiger partial charge on any atom is -0.496 e. The minimum atomic E-state index is -0.663. The lowest BCUT2D eigenvalue weighted by molar-refractivity contribution is -0.146. The van der Waals surface area contributed by atoms with Crippen molar-refractivity contribution in [3.05, 3.63) is 23.8 Å². The van der Waals surface area contributed by atoms with E-state index in [4.69, 9.17) is 19.9 Å². The van der Waals surface area contributed by atoms with Crippen LogP contribution in [-0.2, 0) is 20.9 Å². The first-order valence-electron chi connectivity index (χ1n) is 7.40. The van der Waals surface area contributed by atoms with Gasteiger partial charge < -0.3 is 25.3 Å². The van der Waals surface area contributed by atoms with Gasteiger partial charge in [0.2, 0.25) is 5.91 Å². The van der Waals surface area contributed by atoms with Crippen LogP contribution in [-0.4, -0.2) is 38.7 Å². The van der Waals surface area contributed by atoms with Crippen molar-refractivity contribution in [2.24, 2.45) is 5.73 Å². The zero-order chi connectivity index (χ0) is 17.2. The summed E-state index contributed by atoms with van der Waals surface area (Å²) in [5.74, 6) is 0.700. The maximum Gasteiger partial charge on any atom is 0.322 e. The van der Waals surface area contributed by atoms with Crippen LogP contribution in [0, 0.1) is 0 Å². The summed E-state index contributed by atoms with van der Waals surface area (Å²) in [4.78, 5) is 22.5. The molecule has 0 aliphatic heterocycles. The molecule has 3 N–H and O–H groups in total. The smallest absolute Gasteiger partial charge is 0.322 e. The molecule has 1 amide bonds. The molecule has 1 aromatic carbocycles. The first kappa shape index (κ1) is 18.8. The first-order chi connectivity index (χ1) is 11.0. The van der Waals surface area contributed by atoms with Gasteiger partial charge in [-0.3, -0.25) is 9.59 Å². The van der Waals surface area contributed by atoms with Gasteiger partial charge in [-0.2, -0.15) is 0 Å². The number of methoxy groups -OCH3 is 1. The normalized spacial score (nSPS) is 11.5. The van der Waals surface area contributed by atoms with E-state index in [1.54, 1.807) is 32.2 Å². The monoisotopic (exact) mass is 324 g/mol. The second-order valence-electron chi connectivity index (χ2n) is 5.00. The number of carbonyl (C=O) groups is 2. The lowest BCUT2D eigenvalue weighted by Gasteiger charge is -2.13. The second kappa shape index (κ2) is 9.68. The van der Waals surface area contributed by atoms with Gasteiger partial charge in [0.1, 0.15) is 24.1 Å². The van der Waals surface area contributed by atoms with E-state index in [9.17, 15) is 9.59 Å². The molecule has 1 aromatic rings. The summed E-state index contributed by atoms with van der Waals surface area (Å²) < 4.78 is 15.9. The molecule has 0 spiro atoms. The first-order valence-corrected chi connectivity index (χ1v) is 7.40. The molecular formula is C16H24N2O5. The van der Waals surface area contributed by atoms with Crippen molar-refractivity contribution in [1.82, 2.24) is 5.32 Å². The topological polar surface area (TPSA) is 99.9 Å². The largest absolute Gasteiger partial charge is 0.496 e. The van der Waals surface area contributed by atoms with Gasteiger partial charge in [0, 0.05) is 25.1 Å². The van der Waals surface area contributed by atoms with Gasteiger partial charge in [0.15, 0.2) is 0 Å². The van der Waals surface area contributed by atoms with Crippen molar-refractivity contribution in [2.45, 2.75) is 32.4 Å². The average Bonchev–Trinajstić information content (AvgIpc) is 2.56. The molecule has 0 unspecified atom stereocenters. The summed E-state index contributed by atoms with van der Waals surface area (Å²) >= 11 is 0. The van der Waals surface area contributed by atoms with Crippen LogP contribution < -0.4 is 20.5 Å². The van der Waals surface area contributed by atoms with Crippen molar-refractivity contribution >= 4 is 11.9 Å². The highest BCUT2D eigenvalue weighted by Crippen LogP contribution is 2.25. The summed E-state index contributed by atoms with van der Waals surface area (Å²) in [7, 11) is 3.13. The molecule has 0 aromatic heterocycles. The fraction of sp³-hybridized carbons (Fsp3) is 0.500. The number of benzene rings is 1. The number of nitrogens with two attached hydrogens (primary N) is 1. The van der Waals surface area contributed by atoms with E-state index in [0.29, 0.717) is 30.9 Å². The number of esters is 1. The maximum atomic E-state index is 11.4. The van der Waals surface area contributed by atoms with Crippen LogP contribution in [0.15, 0.2) is 18.2 Å². The molecular weight excluding hydrogens is 300 g/mol. The second-order valence-corrected chi connectivity index (χ2v) is 5.00. The Morgan fingerprint density at radius 2 is 2.09 bits per heavy atom. The molecule has 0 radical (unpaired) electrons. The molecule has 1 atom stereocenters. The Morgan fingerprint density at radius 1 is 1.35 bits per heavy atom. The quantitative estimate of drug-likeness (QED) is 0.519. The summed E-state index contributed by atoms with van der Waals surface area (Å²) in [6, 6.07) is 4.58. The summed E-state index contributed by atoms with van der Waals surface area (Å²) in [5.41, 5.74) is 6.16. The minimum absolute atomic E-state index is 0.0162. The van der Waals surface area contributed by atoms with E-state index in [-0.39, 0.29) is 12.5 Å². The molecule has 0 saturated heterocycles. The fourth-order valence-electron chi connectivity index (χ4n) is 1.76. The van der Waals surface area contributed by atoms with Crippen LogP contribution in [0.5, 0.6) is 11.5 Å². The summed E-state index contributed by atoms with van der Waals surface area (Å²) in [6.07, 6.45) is 1.04. The van der Waals surface area contributed by atoms with Gasteiger partial charge in [-0.15, -0.1) is 0 Å². The van der Waals surface area contributed by atoms with Crippen molar-refractivity contribution in [1.29, 1.82) is 0 Å². The van der Waals surface area contributed by atoms with Crippen LogP contribution in [0.25, 0.3) is 0 Å². The maximum absolute atomic E-state index is 11.4. The molecule has 0 saturated carbocycles. The van der Waals surface area contributed by atoms with Crippen LogP contribution >= 0.6 is 0 Å². The van der Waals surface area contributed by atoms with Crippen molar-refractivity contribution in [2.75, 3.05) is 20.8 Å². The molecule has 0 aliphatic rings. The van der Waals surface area contributed by atoms with Gasteiger partial charge in [-0.1, -0.05) is 0 Å². The number of nitrogens with one attached hydrogen (secondary N) is 1. The SMILES string of the molecule is CNC(=O)CCCOc1ccc(COC(=O)[C@H](C)N)c(OC)c1. The molecule has 7 heteroatoms. The number of rotatable bonds is 9. The van der Waals surface area contributed by atoms with E-state index >= 15 is 0 Å². The Bertz CT molecular complexity index is 531. The molecule has 0 aliphatic carbocycles. The van der Waals surface area contributed by atoms with E-state index in [1.165, 1.54) is 7.11 Å². The molecule has 128 valence electrons. The molecule has 0 bridgehead atoms. The third kappa shape index (κ3) is 6.56. The number of hydrogen-bond acceptors (Lipinski definition) is 6. The number of ether oxygens (including phenoxy) is 3. The Balaban J connectivity index is 2.55. The van der Waals surface area contributed by atoms with Gasteiger partial charge in [-0.05, 0) is 25.5 Å². The number of hydrogen-bond donors (Lipinski definition) is 2. The standard InChI is InChI=1S/C16H24N2O5/c1-11(17)16(20)23-10-12-6-7-13(9-14(12)21-3)22-8-4-5-15(19)18-2/h6-7,9,11H,4-5,8,10,17H2,1-3H3,(H,18,19)/t11-/m0/s1. The van der Waals surface area contributed by atoms with Crippen molar-refractivity contribution in [3.63, 3.8) is 0 Å². The third-order valence-electron chi connectivity index (χ3n) is 3.10. The van der Waals surface area contributed by atoms with Gasteiger partial charge in [0.25, 0.3) is 0 Å². The highest BCUT2D eigenvalue weighted by Gasteiger charge is 2.12. The predicted molar refractivity (Wildman–Crippen MR) is 85.2 cm³/mol. The van der Waals surface area contributed by atoms with Crippen molar-refractivity contribution < 1.29 is 23.8 Å². The van der Waals surface area contributed by atoms with E-state index < -0.39 is 12.0 Å². The van der Waals surface area contributed by atoms with Crippen LogP contribution in [0.1, 0.15) is 25.3 Å². The van der Waals surface area contributed by atoms with Gasteiger partial charge in [-0.25, -0.2) is 0 Å². The average molecular weight is 324 g/mol. The molecule has 0 heterocycles. The van der Waals surface area contributed by atoms with E-state index in [1.807, 2.05) is 0 Å². The highest BCUT2D eigenvalue weighted by molar-refractivity contribution is 5.75. The molecule has 1 rings (SSSR count). The molecule has 7 nitrogen and oxygen atoms in total. The Hall–Kier alpha value is -2.28.